The molecule has 82 valence electrons. The zero-order valence-electron chi connectivity index (χ0n) is 8.60. The summed E-state index contributed by atoms with van der Waals surface area (Å²) in [5.74, 6) is -1.90. The summed E-state index contributed by atoms with van der Waals surface area (Å²) in [5.41, 5.74) is 0. The first kappa shape index (κ1) is 10.3. The van der Waals surface area contributed by atoms with Crippen LogP contribution in [-0.2, 0) is 0 Å². The highest BCUT2D eigenvalue weighted by molar-refractivity contribution is 4.91. The van der Waals surface area contributed by atoms with Gasteiger partial charge in [-0.3, -0.25) is 4.90 Å². The molecule has 1 N–H and O–H groups in total. The fraction of sp³-hybridized carbons (Fsp3) is 1.00. The number of nitrogens with zero attached hydrogens (tertiary/aromatic N) is 1. The average molecular weight is 204 g/mol. The van der Waals surface area contributed by atoms with Gasteiger partial charge in [0.05, 0.1) is 6.54 Å². The fourth-order valence-corrected chi connectivity index (χ4v) is 2.51. The number of likely N-dealkylation sites (tertiary alicyclic amines) is 1. The van der Waals surface area contributed by atoms with Gasteiger partial charge in [-0.05, 0) is 18.9 Å². The summed E-state index contributed by atoms with van der Waals surface area (Å²) in [4.78, 5) is 1.96. The first-order valence-electron chi connectivity index (χ1n) is 5.41. The van der Waals surface area contributed by atoms with Crippen molar-refractivity contribution in [1.82, 2.24) is 10.2 Å². The standard InChI is InChI=1S/C10H18F2N2/c1-8-2-4-13-6-9(8)14-5-3-10(11,12)7-14/h8-9,13H,2-7H2,1H3. The number of halogens is 2. The van der Waals surface area contributed by atoms with E-state index in [0.717, 1.165) is 19.5 Å². The minimum Gasteiger partial charge on any atom is -0.315 e. The zero-order valence-corrected chi connectivity index (χ0v) is 8.60. The predicted octanol–water partition coefficient (Wildman–Crippen LogP) is 1.33. The molecule has 2 aliphatic rings. The van der Waals surface area contributed by atoms with Gasteiger partial charge in [0.2, 0.25) is 0 Å². The van der Waals surface area contributed by atoms with Crippen LogP contribution in [0.5, 0.6) is 0 Å². The Morgan fingerprint density at radius 1 is 1.43 bits per heavy atom. The highest BCUT2D eigenvalue weighted by Crippen LogP contribution is 2.30. The molecular formula is C10H18F2N2. The largest absolute Gasteiger partial charge is 0.315 e. The van der Waals surface area contributed by atoms with Gasteiger partial charge in [-0.25, -0.2) is 8.78 Å². The third kappa shape index (κ3) is 2.06. The van der Waals surface area contributed by atoms with E-state index >= 15 is 0 Å². The van der Waals surface area contributed by atoms with Crippen LogP contribution in [0.1, 0.15) is 19.8 Å². The molecule has 0 radical (unpaired) electrons. The van der Waals surface area contributed by atoms with Gasteiger partial charge in [-0.2, -0.15) is 0 Å². The summed E-state index contributed by atoms with van der Waals surface area (Å²) >= 11 is 0. The molecule has 2 atom stereocenters. The minimum atomic E-state index is -2.45. The number of hydrogen-bond donors (Lipinski definition) is 1. The minimum absolute atomic E-state index is 0.0379. The van der Waals surface area contributed by atoms with Gasteiger partial charge in [0.25, 0.3) is 5.92 Å². The molecule has 0 saturated carbocycles. The molecule has 14 heavy (non-hydrogen) atoms. The number of piperidine rings is 1. The molecule has 0 amide bonds. The quantitative estimate of drug-likeness (QED) is 0.693. The third-order valence-electron chi connectivity index (χ3n) is 3.45. The molecule has 0 aromatic heterocycles. The van der Waals surface area contributed by atoms with E-state index in [4.69, 9.17) is 0 Å². The van der Waals surface area contributed by atoms with E-state index in [2.05, 4.69) is 12.2 Å². The zero-order chi connectivity index (χ0) is 10.2. The summed E-state index contributed by atoms with van der Waals surface area (Å²) in [5, 5.41) is 3.28. The van der Waals surface area contributed by atoms with Crippen LogP contribution in [0.25, 0.3) is 0 Å². The Morgan fingerprint density at radius 2 is 2.21 bits per heavy atom. The lowest BCUT2D eigenvalue weighted by molar-refractivity contribution is 0.00283. The lowest BCUT2D eigenvalue weighted by Crippen LogP contribution is -2.50. The lowest BCUT2D eigenvalue weighted by Gasteiger charge is -2.36. The molecule has 2 heterocycles. The van der Waals surface area contributed by atoms with E-state index in [0.29, 0.717) is 18.5 Å². The normalized spacial score (nSPS) is 38.8. The number of hydrogen-bond acceptors (Lipinski definition) is 2. The SMILES string of the molecule is CC1CCNCC1N1CCC(F)(F)C1. The van der Waals surface area contributed by atoms with Gasteiger partial charge < -0.3 is 5.32 Å². The number of nitrogens with one attached hydrogen (secondary N) is 1. The molecule has 2 nitrogen and oxygen atoms in total. The topological polar surface area (TPSA) is 15.3 Å². The van der Waals surface area contributed by atoms with Gasteiger partial charge in [0.15, 0.2) is 0 Å². The molecular weight excluding hydrogens is 186 g/mol. The highest BCUT2D eigenvalue weighted by atomic mass is 19.3. The molecule has 0 spiro atoms. The van der Waals surface area contributed by atoms with Crippen LogP contribution in [0.4, 0.5) is 8.78 Å². The Balaban J connectivity index is 1.95. The molecule has 2 aliphatic heterocycles. The van der Waals surface area contributed by atoms with Crippen molar-refractivity contribution in [2.24, 2.45) is 5.92 Å². The van der Waals surface area contributed by atoms with E-state index in [1.54, 1.807) is 0 Å². The molecule has 2 saturated heterocycles. The Kier molecular flexibility index (Phi) is 2.75. The van der Waals surface area contributed by atoms with E-state index in [1.165, 1.54) is 0 Å². The first-order chi connectivity index (χ1) is 6.58. The van der Waals surface area contributed by atoms with Gasteiger partial charge in [0.1, 0.15) is 0 Å². The Bertz CT molecular complexity index is 208. The van der Waals surface area contributed by atoms with Crippen molar-refractivity contribution in [2.45, 2.75) is 31.7 Å². The first-order valence-corrected chi connectivity index (χ1v) is 5.41. The summed E-state index contributed by atoms with van der Waals surface area (Å²) in [6.45, 7) is 4.59. The number of rotatable bonds is 1. The van der Waals surface area contributed by atoms with E-state index < -0.39 is 5.92 Å². The van der Waals surface area contributed by atoms with Gasteiger partial charge in [-0.15, -0.1) is 0 Å². The van der Waals surface area contributed by atoms with E-state index in [9.17, 15) is 8.78 Å². The van der Waals surface area contributed by atoms with Crippen molar-refractivity contribution in [3.05, 3.63) is 0 Å². The Labute approximate surface area is 83.7 Å². The van der Waals surface area contributed by atoms with Crippen molar-refractivity contribution in [3.8, 4) is 0 Å². The second-order valence-corrected chi connectivity index (χ2v) is 4.61. The highest BCUT2D eigenvalue weighted by Gasteiger charge is 2.42. The molecule has 2 unspecified atom stereocenters. The van der Waals surface area contributed by atoms with Crippen LogP contribution < -0.4 is 5.32 Å². The molecule has 0 bridgehead atoms. The van der Waals surface area contributed by atoms with Crippen molar-refractivity contribution in [3.63, 3.8) is 0 Å². The van der Waals surface area contributed by atoms with Gasteiger partial charge in [0, 0.05) is 25.6 Å². The predicted molar refractivity (Wildman–Crippen MR) is 51.6 cm³/mol. The summed E-state index contributed by atoms with van der Waals surface area (Å²) < 4.78 is 26.0. The van der Waals surface area contributed by atoms with Crippen molar-refractivity contribution < 1.29 is 8.78 Å². The van der Waals surface area contributed by atoms with Gasteiger partial charge >= 0.3 is 0 Å². The van der Waals surface area contributed by atoms with E-state index in [1.807, 2.05) is 4.90 Å². The van der Waals surface area contributed by atoms with Crippen LogP contribution in [0.3, 0.4) is 0 Å². The monoisotopic (exact) mass is 204 g/mol. The maximum absolute atomic E-state index is 13.0. The molecule has 2 fully saturated rings. The molecule has 0 aliphatic carbocycles. The summed E-state index contributed by atoms with van der Waals surface area (Å²) in [7, 11) is 0. The Morgan fingerprint density at radius 3 is 2.79 bits per heavy atom. The van der Waals surface area contributed by atoms with Crippen LogP contribution in [0, 0.1) is 5.92 Å². The average Bonchev–Trinajstić information content (AvgIpc) is 2.47. The van der Waals surface area contributed by atoms with Gasteiger partial charge in [-0.1, -0.05) is 6.92 Å². The fourth-order valence-electron chi connectivity index (χ4n) is 2.51. The summed E-state index contributed by atoms with van der Waals surface area (Å²) in [6, 6.07) is 0.317. The number of alkyl halides is 2. The van der Waals surface area contributed by atoms with Crippen molar-refractivity contribution in [1.29, 1.82) is 0 Å². The molecule has 2 rings (SSSR count). The van der Waals surface area contributed by atoms with Crippen molar-refractivity contribution >= 4 is 0 Å². The molecule has 4 heteroatoms. The van der Waals surface area contributed by atoms with Crippen LogP contribution in [0.15, 0.2) is 0 Å². The van der Waals surface area contributed by atoms with Crippen LogP contribution in [0.2, 0.25) is 0 Å². The Hall–Kier alpha value is -0.220. The maximum atomic E-state index is 13.0. The van der Waals surface area contributed by atoms with Crippen LogP contribution in [-0.4, -0.2) is 43.0 Å². The lowest BCUT2D eigenvalue weighted by atomic mass is 9.94. The second-order valence-electron chi connectivity index (χ2n) is 4.61. The second kappa shape index (κ2) is 3.74. The van der Waals surface area contributed by atoms with E-state index in [-0.39, 0.29) is 13.0 Å². The van der Waals surface area contributed by atoms with Crippen LogP contribution >= 0.6 is 0 Å². The smallest absolute Gasteiger partial charge is 0.261 e. The maximum Gasteiger partial charge on any atom is 0.261 e. The molecule has 0 aromatic rings. The third-order valence-corrected chi connectivity index (χ3v) is 3.45. The summed E-state index contributed by atoms with van der Waals surface area (Å²) in [6.07, 6.45) is 1.14. The molecule has 0 aromatic carbocycles. The van der Waals surface area contributed by atoms with Crippen molar-refractivity contribution in [2.75, 3.05) is 26.2 Å².